The minimum absolute atomic E-state index is 0.0925. The van der Waals surface area contributed by atoms with Crippen LogP contribution in [0.3, 0.4) is 0 Å². The molecular formula is C11H6F2N6. The molecule has 0 amide bonds. The van der Waals surface area contributed by atoms with Crippen molar-refractivity contribution in [2.24, 2.45) is 0 Å². The third kappa shape index (κ3) is 2.15. The van der Waals surface area contributed by atoms with Gasteiger partial charge in [-0.3, -0.25) is 0 Å². The normalized spacial score (nSPS) is 10.6. The van der Waals surface area contributed by atoms with Crippen molar-refractivity contribution in [3.8, 4) is 17.1 Å². The van der Waals surface area contributed by atoms with E-state index in [4.69, 9.17) is 0 Å². The Morgan fingerprint density at radius 1 is 1.05 bits per heavy atom. The maximum absolute atomic E-state index is 13.4. The molecule has 3 aromatic heterocycles. The fraction of sp³-hybridized carbons (Fsp3) is 0. The van der Waals surface area contributed by atoms with Crippen LogP contribution in [0, 0.1) is 11.9 Å². The summed E-state index contributed by atoms with van der Waals surface area (Å²) in [5.41, 5.74) is 0.563. The highest BCUT2D eigenvalue weighted by molar-refractivity contribution is 5.52. The van der Waals surface area contributed by atoms with Gasteiger partial charge in [0.1, 0.15) is 5.69 Å². The number of pyridine rings is 2. The molecular weight excluding hydrogens is 254 g/mol. The summed E-state index contributed by atoms with van der Waals surface area (Å²) >= 11 is 0. The minimum Gasteiger partial charge on any atom is -0.228 e. The lowest BCUT2D eigenvalue weighted by Crippen LogP contribution is -2.00. The zero-order valence-corrected chi connectivity index (χ0v) is 9.40. The first kappa shape index (κ1) is 11.3. The van der Waals surface area contributed by atoms with Gasteiger partial charge in [-0.25, -0.2) is 9.97 Å². The molecule has 6 nitrogen and oxygen atoms in total. The van der Waals surface area contributed by atoms with Gasteiger partial charge in [-0.15, -0.1) is 15.0 Å². The highest BCUT2D eigenvalue weighted by atomic mass is 19.1. The molecule has 0 saturated carbocycles. The van der Waals surface area contributed by atoms with E-state index in [1.165, 1.54) is 30.6 Å². The molecule has 0 unspecified atom stereocenters. The number of hydrogen-bond acceptors (Lipinski definition) is 5. The smallest absolute Gasteiger partial charge is 0.224 e. The van der Waals surface area contributed by atoms with E-state index in [2.05, 4.69) is 25.4 Å². The predicted octanol–water partition coefficient (Wildman–Crippen LogP) is 1.40. The van der Waals surface area contributed by atoms with Gasteiger partial charge in [0.25, 0.3) is 0 Å². The summed E-state index contributed by atoms with van der Waals surface area (Å²) < 4.78 is 26.1. The van der Waals surface area contributed by atoms with E-state index >= 15 is 0 Å². The van der Waals surface area contributed by atoms with Crippen molar-refractivity contribution in [3.05, 3.63) is 48.6 Å². The number of nitrogens with zero attached hydrogens (tertiary/aromatic N) is 6. The Morgan fingerprint density at radius 3 is 2.68 bits per heavy atom. The fourth-order valence-corrected chi connectivity index (χ4v) is 1.47. The lowest BCUT2D eigenvalue weighted by Gasteiger charge is -1.96. The molecule has 0 aliphatic carbocycles. The van der Waals surface area contributed by atoms with Crippen LogP contribution in [-0.4, -0.2) is 30.2 Å². The van der Waals surface area contributed by atoms with E-state index in [0.717, 1.165) is 4.80 Å². The van der Waals surface area contributed by atoms with Crippen molar-refractivity contribution in [1.29, 1.82) is 0 Å². The van der Waals surface area contributed by atoms with Crippen molar-refractivity contribution in [2.45, 2.75) is 0 Å². The summed E-state index contributed by atoms with van der Waals surface area (Å²) in [4.78, 5) is 8.11. The van der Waals surface area contributed by atoms with Gasteiger partial charge in [0.2, 0.25) is 17.7 Å². The van der Waals surface area contributed by atoms with Crippen LogP contribution in [0.4, 0.5) is 8.78 Å². The van der Waals surface area contributed by atoms with E-state index in [1.54, 1.807) is 6.07 Å². The summed E-state index contributed by atoms with van der Waals surface area (Å²) in [6, 6.07) is 5.67. The molecule has 0 aliphatic heterocycles. The SMILES string of the molecule is Fc1ccc(-n2nnc(-c3cccnc3F)n2)cn1. The predicted molar refractivity (Wildman–Crippen MR) is 60.1 cm³/mol. The number of hydrogen-bond donors (Lipinski definition) is 0. The Kier molecular flexibility index (Phi) is 2.67. The second-order valence-electron chi connectivity index (χ2n) is 3.58. The average molecular weight is 260 g/mol. The zero-order chi connectivity index (χ0) is 13.2. The van der Waals surface area contributed by atoms with E-state index in [9.17, 15) is 8.78 Å². The molecule has 94 valence electrons. The molecule has 0 spiro atoms. The van der Waals surface area contributed by atoms with Gasteiger partial charge in [-0.2, -0.15) is 8.78 Å². The molecule has 0 radical (unpaired) electrons. The van der Waals surface area contributed by atoms with Crippen molar-refractivity contribution in [2.75, 3.05) is 0 Å². The lowest BCUT2D eigenvalue weighted by atomic mass is 10.3. The number of halogens is 2. The van der Waals surface area contributed by atoms with Crippen LogP contribution >= 0.6 is 0 Å². The van der Waals surface area contributed by atoms with Gasteiger partial charge < -0.3 is 0 Å². The lowest BCUT2D eigenvalue weighted by molar-refractivity contribution is 0.580. The van der Waals surface area contributed by atoms with Gasteiger partial charge in [-0.05, 0) is 29.5 Å². The quantitative estimate of drug-likeness (QED) is 0.651. The first-order valence-corrected chi connectivity index (χ1v) is 5.27. The Morgan fingerprint density at radius 2 is 1.95 bits per heavy atom. The van der Waals surface area contributed by atoms with Crippen LogP contribution in [0.15, 0.2) is 36.7 Å². The molecule has 0 aliphatic rings. The monoisotopic (exact) mass is 260 g/mol. The maximum atomic E-state index is 13.4. The summed E-state index contributed by atoms with van der Waals surface area (Å²) in [5, 5.41) is 11.5. The third-order valence-electron chi connectivity index (χ3n) is 2.36. The minimum atomic E-state index is -0.681. The van der Waals surface area contributed by atoms with Crippen molar-refractivity contribution >= 4 is 0 Å². The van der Waals surface area contributed by atoms with Crippen LogP contribution in [0.2, 0.25) is 0 Å². The van der Waals surface area contributed by atoms with Crippen molar-refractivity contribution in [1.82, 2.24) is 30.2 Å². The molecule has 3 rings (SSSR count). The summed E-state index contributed by atoms with van der Waals surface area (Å²) in [5.74, 6) is -1.20. The van der Waals surface area contributed by atoms with E-state index in [1.807, 2.05) is 0 Å². The molecule has 8 heteroatoms. The van der Waals surface area contributed by atoms with Crippen LogP contribution in [0.5, 0.6) is 0 Å². The summed E-state index contributed by atoms with van der Waals surface area (Å²) in [6.07, 6.45) is 2.58. The first-order chi connectivity index (χ1) is 9.24. The molecule has 0 fully saturated rings. The van der Waals surface area contributed by atoms with E-state index < -0.39 is 11.9 Å². The highest BCUT2D eigenvalue weighted by Gasteiger charge is 2.12. The van der Waals surface area contributed by atoms with Crippen LogP contribution in [0.25, 0.3) is 17.1 Å². The fourth-order valence-electron chi connectivity index (χ4n) is 1.47. The number of tetrazole rings is 1. The average Bonchev–Trinajstić information content (AvgIpc) is 2.89. The van der Waals surface area contributed by atoms with Gasteiger partial charge in [0.05, 0.1) is 11.8 Å². The molecule has 19 heavy (non-hydrogen) atoms. The molecule has 0 atom stereocenters. The van der Waals surface area contributed by atoms with Crippen LogP contribution < -0.4 is 0 Å². The Bertz CT molecular complexity index is 709. The second kappa shape index (κ2) is 4.48. The number of aromatic nitrogens is 6. The molecule has 0 bridgehead atoms. The van der Waals surface area contributed by atoms with E-state index in [0.29, 0.717) is 5.69 Å². The Hall–Kier alpha value is -2.77. The van der Waals surface area contributed by atoms with Gasteiger partial charge >= 0.3 is 0 Å². The topological polar surface area (TPSA) is 69.4 Å². The van der Waals surface area contributed by atoms with Crippen LogP contribution in [-0.2, 0) is 0 Å². The Balaban J connectivity index is 2.00. The molecule has 0 aromatic carbocycles. The molecule has 3 heterocycles. The van der Waals surface area contributed by atoms with Crippen molar-refractivity contribution < 1.29 is 8.78 Å². The standard InChI is InChI=1S/C11H6F2N6/c12-9-4-3-7(6-15-9)19-17-11(16-18-19)8-2-1-5-14-10(8)13/h1-6H. The molecule has 0 saturated heterocycles. The zero-order valence-electron chi connectivity index (χ0n) is 9.40. The third-order valence-corrected chi connectivity index (χ3v) is 2.36. The second-order valence-corrected chi connectivity index (χ2v) is 3.58. The van der Waals surface area contributed by atoms with Gasteiger partial charge in [0, 0.05) is 6.20 Å². The molecule has 0 N–H and O–H groups in total. The van der Waals surface area contributed by atoms with Gasteiger partial charge in [-0.1, -0.05) is 0 Å². The maximum Gasteiger partial charge on any atom is 0.224 e. The van der Waals surface area contributed by atoms with Gasteiger partial charge in [0.15, 0.2) is 0 Å². The van der Waals surface area contributed by atoms with Crippen LogP contribution in [0.1, 0.15) is 0 Å². The van der Waals surface area contributed by atoms with Crippen molar-refractivity contribution in [3.63, 3.8) is 0 Å². The largest absolute Gasteiger partial charge is 0.228 e. The molecule has 3 aromatic rings. The van der Waals surface area contributed by atoms with E-state index in [-0.39, 0.29) is 11.4 Å². The Labute approximate surface area is 105 Å². The number of rotatable bonds is 2. The first-order valence-electron chi connectivity index (χ1n) is 5.27. The summed E-state index contributed by atoms with van der Waals surface area (Å²) in [6.45, 7) is 0. The summed E-state index contributed by atoms with van der Waals surface area (Å²) in [7, 11) is 0. The highest BCUT2D eigenvalue weighted by Crippen LogP contribution is 2.16.